The minimum absolute atomic E-state index is 0.00895. The number of amides is 2. The summed E-state index contributed by atoms with van der Waals surface area (Å²) in [5, 5.41) is 15.5. The molecular weight excluding hydrogens is 779 g/mol. The predicted molar refractivity (Wildman–Crippen MR) is 178 cm³/mol. The number of rotatable bonds is 17. The first-order valence-corrected chi connectivity index (χ1v) is 20.2. The number of nitrogens with two attached hydrogens (primary N) is 1. The van der Waals surface area contributed by atoms with Crippen LogP contribution in [0.1, 0.15) is 79.0 Å². The largest absolute Gasteiger partial charge is 0.490 e. The van der Waals surface area contributed by atoms with Gasteiger partial charge in [-0.25, -0.2) is 32.9 Å². The molecule has 0 bridgehead atoms. The Morgan fingerprint density at radius 3 is 2.19 bits per heavy atom. The average Bonchev–Trinajstić information content (AvgIpc) is 3.30. The predicted octanol–water partition coefficient (Wildman–Crippen LogP) is 1.45. The first kappa shape index (κ1) is 46.2. The molecule has 53 heavy (non-hydrogen) atoms. The van der Waals surface area contributed by atoms with Crippen molar-refractivity contribution >= 4 is 47.4 Å². The first-order chi connectivity index (χ1) is 24.0. The normalized spacial score (nSPS) is 20.8. The summed E-state index contributed by atoms with van der Waals surface area (Å²) in [5.41, 5.74) is 3.32. The third-order valence-corrected chi connectivity index (χ3v) is 10.1. The third-order valence-electron chi connectivity index (χ3n) is 6.33. The zero-order valence-electron chi connectivity index (χ0n) is 29.6. The molecule has 0 radical (unpaired) electrons. The van der Waals surface area contributed by atoms with Gasteiger partial charge in [0.2, 0.25) is 0 Å². The quantitative estimate of drug-likeness (QED) is 0.0477. The molecule has 0 saturated carbocycles. The summed E-state index contributed by atoms with van der Waals surface area (Å²) < 4.78 is 68.3. The zero-order valence-corrected chi connectivity index (χ0v) is 32.3. The molecule has 2 amide bonds. The van der Waals surface area contributed by atoms with Gasteiger partial charge in [0.1, 0.15) is 42.0 Å². The summed E-state index contributed by atoms with van der Waals surface area (Å²) in [4.78, 5) is 90.1. The van der Waals surface area contributed by atoms with Crippen LogP contribution in [0.5, 0.6) is 0 Å². The number of carbonyl (C=O) groups excluding carboxylic acids is 3. The number of aromatic nitrogens is 2. The number of hydrogen-bond donors (Lipinski definition) is 8. The van der Waals surface area contributed by atoms with E-state index in [0.29, 0.717) is 12.8 Å². The number of carbonyl (C=O) groups is 3. The zero-order chi connectivity index (χ0) is 40.6. The lowest BCUT2D eigenvalue weighted by Gasteiger charge is -2.23. The molecule has 1 aliphatic heterocycles. The molecule has 0 spiro atoms. The van der Waals surface area contributed by atoms with Crippen LogP contribution in [-0.4, -0.2) is 95.0 Å². The molecule has 1 aliphatic rings. The Morgan fingerprint density at radius 1 is 1.00 bits per heavy atom. The number of aliphatic hydroxyl groups excluding tert-OH is 1. The fourth-order valence-electron chi connectivity index (χ4n) is 4.27. The highest BCUT2D eigenvalue weighted by atomic mass is 31.3. The van der Waals surface area contributed by atoms with E-state index < -0.39 is 96.2 Å². The van der Waals surface area contributed by atoms with Gasteiger partial charge in [-0.15, -0.1) is 0 Å². The molecule has 2 heterocycles. The number of phosphoric ester groups is 1. The molecule has 1 fully saturated rings. The van der Waals surface area contributed by atoms with Crippen LogP contribution in [0.15, 0.2) is 11.0 Å². The highest BCUT2D eigenvalue weighted by Gasteiger charge is 2.43. The minimum Gasteiger partial charge on any atom is -0.459 e. The second-order valence-electron chi connectivity index (χ2n) is 13.4. The van der Waals surface area contributed by atoms with Gasteiger partial charge in [0, 0.05) is 24.7 Å². The SMILES string of the molecule is CC(C)(C)OC(=O)NCCCCC(NC(=O)OC(C)(C)C)C(=O)OCc1cn([C@H]2CC(O)[C@@H](COP(=O)(O)OP(=O)(O)OP(=O)(O)O)O2)c(=O)nc1N. The van der Waals surface area contributed by atoms with Crippen molar-refractivity contribution < 1.29 is 84.9 Å². The third kappa shape index (κ3) is 17.8. The van der Waals surface area contributed by atoms with Crippen molar-refractivity contribution in [2.24, 2.45) is 0 Å². The molecule has 9 N–H and O–H groups in total. The van der Waals surface area contributed by atoms with E-state index in [1.807, 2.05) is 0 Å². The van der Waals surface area contributed by atoms with Crippen LogP contribution in [-0.2, 0) is 57.2 Å². The second-order valence-corrected chi connectivity index (χ2v) is 17.8. The Kier molecular flexibility index (Phi) is 16.2. The van der Waals surface area contributed by atoms with Crippen molar-refractivity contribution in [2.75, 3.05) is 18.9 Å². The van der Waals surface area contributed by atoms with Gasteiger partial charge in [-0.2, -0.15) is 13.6 Å². The molecule has 1 saturated heterocycles. The van der Waals surface area contributed by atoms with E-state index >= 15 is 0 Å². The standard InChI is InChI=1S/C26H46N5O19P3/c1-25(2,3)47-23(35)28-10-8-7-9-16(29-24(36)48-26(4,5)6)21(33)44-13-15-12-31(22(34)30-20(15)27)19-11-17(32)18(46-19)14-45-52(40,41)50-53(42,43)49-51(37,38)39/h12,16-19,32H,7-11,13-14H2,1-6H3,(H,28,35)(H,29,36)(H,40,41)(H,42,43)(H2,27,30,34)(H2,37,38,39)/t16?,17?,18-,19-/m1/s1. The number of phosphoric acid groups is 3. The molecule has 24 nitrogen and oxygen atoms in total. The number of unbranched alkanes of at least 4 members (excludes halogenated alkanes) is 1. The van der Waals surface area contributed by atoms with Gasteiger partial charge in [-0.05, 0) is 60.8 Å². The first-order valence-electron chi connectivity index (χ1n) is 15.7. The highest BCUT2D eigenvalue weighted by molar-refractivity contribution is 7.66. The second kappa shape index (κ2) is 18.6. The number of nitrogen functional groups attached to an aromatic ring is 1. The van der Waals surface area contributed by atoms with E-state index in [4.69, 9.17) is 34.5 Å². The molecule has 304 valence electrons. The average molecular weight is 826 g/mol. The molecule has 1 aromatic heterocycles. The lowest BCUT2D eigenvalue weighted by molar-refractivity contribution is -0.147. The van der Waals surface area contributed by atoms with Gasteiger partial charge in [0.15, 0.2) is 0 Å². The number of hydrogen-bond acceptors (Lipinski definition) is 17. The Bertz CT molecular complexity index is 1660. The summed E-state index contributed by atoms with van der Waals surface area (Å²) in [6.45, 7) is 8.66. The maximum atomic E-state index is 13.1. The van der Waals surface area contributed by atoms with Gasteiger partial charge >= 0.3 is 47.3 Å². The van der Waals surface area contributed by atoms with Gasteiger partial charge < -0.3 is 60.0 Å². The Labute approximate surface area is 303 Å². The van der Waals surface area contributed by atoms with Crippen LogP contribution in [0.4, 0.5) is 15.4 Å². The number of esters is 1. The molecular formula is C26H46N5O19P3. The molecule has 1 aromatic rings. The number of anilines is 1. The van der Waals surface area contributed by atoms with E-state index in [-0.39, 0.29) is 30.8 Å². The summed E-state index contributed by atoms with van der Waals surface area (Å²) in [6.07, 6.45) is -4.18. The number of nitrogens with zero attached hydrogens (tertiary/aromatic N) is 2. The minimum atomic E-state index is -5.79. The van der Waals surface area contributed by atoms with Crippen LogP contribution >= 0.6 is 23.5 Å². The number of alkyl carbamates (subject to hydrolysis) is 2. The Balaban J connectivity index is 2.08. The van der Waals surface area contributed by atoms with Crippen LogP contribution < -0.4 is 22.1 Å². The topological polar surface area (TPSA) is 353 Å². The number of aliphatic hydroxyl groups is 1. The lowest BCUT2D eigenvalue weighted by atomic mass is 10.1. The maximum Gasteiger partial charge on any atom is 0.490 e. The lowest BCUT2D eigenvalue weighted by Crippen LogP contribution is -2.44. The van der Waals surface area contributed by atoms with Crippen molar-refractivity contribution in [3.8, 4) is 0 Å². The van der Waals surface area contributed by atoms with Gasteiger partial charge in [-0.3, -0.25) is 9.09 Å². The van der Waals surface area contributed by atoms with Crippen LogP contribution in [0.25, 0.3) is 0 Å². The maximum absolute atomic E-state index is 13.1. The van der Waals surface area contributed by atoms with E-state index in [9.17, 15) is 47.8 Å². The van der Waals surface area contributed by atoms with E-state index in [1.165, 1.54) is 0 Å². The van der Waals surface area contributed by atoms with Gasteiger partial charge in [0.05, 0.1) is 12.7 Å². The van der Waals surface area contributed by atoms with Crippen LogP contribution in [0.2, 0.25) is 0 Å². The van der Waals surface area contributed by atoms with Crippen LogP contribution in [0.3, 0.4) is 0 Å². The number of nitrogens with one attached hydrogen (secondary N) is 2. The smallest absolute Gasteiger partial charge is 0.459 e. The van der Waals surface area contributed by atoms with Gasteiger partial charge in [0.25, 0.3) is 0 Å². The van der Waals surface area contributed by atoms with Crippen LogP contribution in [0, 0.1) is 0 Å². The molecule has 0 aromatic carbocycles. The Morgan fingerprint density at radius 2 is 1.60 bits per heavy atom. The summed E-state index contributed by atoms with van der Waals surface area (Å²) in [7, 11) is -17.0. The van der Waals surface area contributed by atoms with Crippen molar-refractivity contribution in [3.63, 3.8) is 0 Å². The molecule has 27 heteroatoms. The van der Waals surface area contributed by atoms with E-state index in [1.54, 1.807) is 41.5 Å². The van der Waals surface area contributed by atoms with Crippen molar-refractivity contribution in [1.29, 1.82) is 0 Å². The molecule has 6 atom stereocenters. The summed E-state index contributed by atoms with van der Waals surface area (Å²) in [6, 6.07) is -1.21. The molecule has 4 unspecified atom stereocenters. The van der Waals surface area contributed by atoms with E-state index in [2.05, 4.69) is 28.8 Å². The van der Waals surface area contributed by atoms with Crippen molar-refractivity contribution in [2.45, 2.75) is 110 Å². The highest BCUT2D eigenvalue weighted by Crippen LogP contribution is 2.66. The van der Waals surface area contributed by atoms with Gasteiger partial charge in [-0.1, -0.05) is 0 Å². The monoisotopic (exact) mass is 825 g/mol. The van der Waals surface area contributed by atoms with Crippen molar-refractivity contribution in [1.82, 2.24) is 20.2 Å². The summed E-state index contributed by atoms with van der Waals surface area (Å²) in [5.74, 6) is -1.25. The molecule has 0 aliphatic carbocycles. The molecule has 2 rings (SSSR count). The fourth-order valence-corrected chi connectivity index (χ4v) is 7.30. The number of ether oxygens (including phenoxy) is 4. The van der Waals surface area contributed by atoms with Crippen molar-refractivity contribution in [3.05, 3.63) is 22.2 Å². The Hall–Kier alpha value is -2.98. The fraction of sp³-hybridized carbons (Fsp3) is 0.731. The summed E-state index contributed by atoms with van der Waals surface area (Å²) >= 11 is 0. The van der Waals surface area contributed by atoms with E-state index in [0.717, 1.165) is 10.8 Å².